The highest BCUT2D eigenvalue weighted by Crippen LogP contribution is 2.43. The number of carboxylic acid groups (broad SMARTS) is 2. The van der Waals surface area contributed by atoms with Crippen LogP contribution in [0.1, 0.15) is 20.7 Å². The van der Waals surface area contributed by atoms with E-state index in [1.807, 2.05) is 0 Å². The first kappa shape index (κ1) is 27.8. The number of aromatic hydroxyl groups is 1. The first-order chi connectivity index (χ1) is 19.9. The van der Waals surface area contributed by atoms with E-state index < -0.39 is 38.4 Å². The Morgan fingerprint density at radius 3 is 2.05 bits per heavy atom. The molecule has 0 saturated heterocycles. The Balaban J connectivity index is 1.68. The SMILES string of the molecule is Nc1ccc2cc(S(=O)(=O)O)c(N=Nc3ccc(N=Nc4ccccc4C(=O)O)c4ccc(C(=O)O)cc34)c(O)c2c1. The smallest absolute Gasteiger partial charge is 0.337 e. The van der Waals surface area contributed by atoms with Gasteiger partial charge in [-0.25, -0.2) is 9.59 Å². The van der Waals surface area contributed by atoms with Crippen molar-refractivity contribution in [3.63, 3.8) is 0 Å². The Kier molecular flexibility index (Phi) is 7.08. The van der Waals surface area contributed by atoms with Crippen molar-refractivity contribution >= 4 is 72.0 Å². The Bertz CT molecular complexity index is 2110. The Morgan fingerprint density at radius 2 is 1.36 bits per heavy atom. The molecule has 5 rings (SSSR count). The van der Waals surface area contributed by atoms with E-state index in [9.17, 15) is 37.9 Å². The lowest BCUT2D eigenvalue weighted by atomic mass is 10.0. The number of fused-ring (bicyclic) bond motifs is 2. The van der Waals surface area contributed by atoms with Crippen molar-refractivity contribution in [2.45, 2.75) is 4.90 Å². The fraction of sp³-hybridized carbons (Fsp3) is 0. The van der Waals surface area contributed by atoms with Crippen molar-refractivity contribution in [2.24, 2.45) is 20.5 Å². The van der Waals surface area contributed by atoms with E-state index in [0.29, 0.717) is 5.39 Å². The van der Waals surface area contributed by atoms with E-state index in [4.69, 9.17) is 5.73 Å². The number of phenols is 1. The summed E-state index contributed by atoms with van der Waals surface area (Å²) in [5.74, 6) is -3.03. The number of nitrogens with two attached hydrogens (primary N) is 1. The number of benzene rings is 5. The van der Waals surface area contributed by atoms with Crippen LogP contribution in [0, 0.1) is 0 Å². The molecule has 13 nitrogen and oxygen atoms in total. The standard InChI is InChI=1S/C28H19N5O8S/c29-16-7-5-14-12-24(42(39,40)41)25(26(34)19(14)13-16)33-32-23-10-9-22(17-8-6-15(27(35)36)11-20(17)23)31-30-21-4-2-1-3-18(21)28(37)38/h1-13,34H,29H2,(H,35,36)(H,37,38)(H,39,40,41). The molecular formula is C28H19N5O8S. The van der Waals surface area contributed by atoms with Gasteiger partial charge >= 0.3 is 11.9 Å². The summed E-state index contributed by atoms with van der Waals surface area (Å²) in [5.41, 5.74) is 5.74. The van der Waals surface area contributed by atoms with Crippen LogP contribution in [0.25, 0.3) is 21.5 Å². The van der Waals surface area contributed by atoms with Crippen molar-refractivity contribution < 1.29 is 37.9 Å². The zero-order valence-corrected chi connectivity index (χ0v) is 22.0. The molecule has 0 unspecified atom stereocenters. The summed E-state index contributed by atoms with van der Waals surface area (Å²) in [6.45, 7) is 0. The van der Waals surface area contributed by atoms with E-state index in [0.717, 1.165) is 6.07 Å². The quantitative estimate of drug-likeness (QED) is 0.0771. The van der Waals surface area contributed by atoms with Gasteiger partial charge in [0.2, 0.25) is 0 Å². The second kappa shape index (κ2) is 10.7. The number of nitrogen functional groups attached to an aromatic ring is 1. The molecule has 210 valence electrons. The van der Waals surface area contributed by atoms with Gasteiger partial charge in [-0.15, -0.1) is 20.5 Å². The number of aromatic carboxylic acids is 2. The summed E-state index contributed by atoms with van der Waals surface area (Å²) in [4.78, 5) is 22.5. The van der Waals surface area contributed by atoms with Crippen LogP contribution in [-0.2, 0) is 10.1 Å². The minimum atomic E-state index is -4.86. The lowest BCUT2D eigenvalue weighted by Crippen LogP contribution is -1.99. The van der Waals surface area contributed by atoms with Gasteiger partial charge in [0.25, 0.3) is 10.1 Å². The third kappa shape index (κ3) is 5.34. The largest absolute Gasteiger partial charge is 0.505 e. The summed E-state index contributed by atoms with van der Waals surface area (Å²) in [6, 6.07) is 18.4. The van der Waals surface area contributed by atoms with Gasteiger partial charge in [-0.05, 0) is 60.0 Å². The number of carboxylic acids is 2. The van der Waals surface area contributed by atoms with E-state index >= 15 is 0 Å². The van der Waals surface area contributed by atoms with Gasteiger partial charge in [0.1, 0.15) is 16.3 Å². The molecule has 0 aliphatic carbocycles. The molecule has 5 aromatic carbocycles. The van der Waals surface area contributed by atoms with Crippen LogP contribution in [0.2, 0.25) is 0 Å². The van der Waals surface area contributed by atoms with Crippen LogP contribution < -0.4 is 5.73 Å². The monoisotopic (exact) mass is 585 g/mol. The van der Waals surface area contributed by atoms with Gasteiger partial charge in [0, 0.05) is 21.8 Å². The predicted molar refractivity (Wildman–Crippen MR) is 153 cm³/mol. The average molecular weight is 586 g/mol. The molecule has 14 heteroatoms. The van der Waals surface area contributed by atoms with Crippen LogP contribution in [0.3, 0.4) is 0 Å². The lowest BCUT2D eigenvalue weighted by molar-refractivity contribution is 0.0686. The van der Waals surface area contributed by atoms with Crippen molar-refractivity contribution in [1.82, 2.24) is 0 Å². The molecule has 6 N–H and O–H groups in total. The van der Waals surface area contributed by atoms with Crippen LogP contribution >= 0.6 is 0 Å². The molecule has 0 heterocycles. The topological polar surface area (TPSA) is 225 Å². The van der Waals surface area contributed by atoms with Gasteiger partial charge < -0.3 is 21.1 Å². The maximum Gasteiger partial charge on any atom is 0.337 e. The Morgan fingerprint density at radius 1 is 0.690 bits per heavy atom. The van der Waals surface area contributed by atoms with Gasteiger partial charge in [-0.1, -0.05) is 24.3 Å². The molecule has 0 aliphatic rings. The molecule has 0 atom stereocenters. The zero-order chi connectivity index (χ0) is 30.2. The number of nitrogens with zero attached hydrogens (tertiary/aromatic N) is 4. The fourth-order valence-corrected chi connectivity index (χ4v) is 4.89. The van der Waals surface area contributed by atoms with Gasteiger partial charge in [0.15, 0.2) is 5.75 Å². The predicted octanol–water partition coefficient (Wildman–Crippen LogP) is 6.75. The van der Waals surface area contributed by atoms with E-state index in [1.54, 1.807) is 12.1 Å². The summed E-state index contributed by atoms with van der Waals surface area (Å²) in [7, 11) is -4.86. The molecule has 0 radical (unpaired) electrons. The van der Waals surface area contributed by atoms with Crippen molar-refractivity contribution in [3.8, 4) is 5.75 Å². The van der Waals surface area contributed by atoms with Crippen molar-refractivity contribution in [1.29, 1.82) is 0 Å². The average Bonchev–Trinajstić information content (AvgIpc) is 2.95. The molecule has 5 aromatic rings. The molecule has 0 aromatic heterocycles. The second-order valence-electron chi connectivity index (χ2n) is 8.92. The first-order valence-electron chi connectivity index (χ1n) is 11.9. The summed E-state index contributed by atoms with van der Waals surface area (Å²) in [5, 5.41) is 47.1. The highest BCUT2D eigenvalue weighted by molar-refractivity contribution is 7.86. The second-order valence-corrected chi connectivity index (χ2v) is 10.3. The number of phenolic OH excluding ortho intramolecular Hbond substituents is 1. The van der Waals surface area contributed by atoms with E-state index in [1.165, 1.54) is 60.7 Å². The summed E-state index contributed by atoms with van der Waals surface area (Å²) < 4.78 is 34.1. The number of carbonyl (C=O) groups is 2. The maximum absolute atomic E-state index is 12.2. The van der Waals surface area contributed by atoms with Crippen molar-refractivity contribution in [2.75, 3.05) is 5.73 Å². The lowest BCUT2D eigenvalue weighted by Gasteiger charge is -2.10. The number of anilines is 1. The van der Waals surface area contributed by atoms with Crippen LogP contribution in [0.15, 0.2) is 104 Å². The number of hydrogen-bond acceptors (Lipinski definition) is 10. The van der Waals surface area contributed by atoms with Crippen LogP contribution in [-0.4, -0.2) is 40.2 Å². The summed E-state index contributed by atoms with van der Waals surface area (Å²) in [6.07, 6.45) is 0. The fourth-order valence-electron chi connectivity index (χ4n) is 4.23. The molecular weight excluding hydrogens is 566 g/mol. The molecule has 42 heavy (non-hydrogen) atoms. The van der Waals surface area contributed by atoms with Crippen LogP contribution in [0.5, 0.6) is 5.75 Å². The van der Waals surface area contributed by atoms with E-state index in [-0.39, 0.29) is 50.0 Å². The van der Waals surface area contributed by atoms with Crippen molar-refractivity contribution in [3.05, 3.63) is 90.0 Å². The Labute approximate surface area is 236 Å². The third-order valence-corrected chi connectivity index (χ3v) is 7.10. The molecule has 0 fully saturated rings. The first-order valence-corrected chi connectivity index (χ1v) is 13.4. The Hall–Kier alpha value is -5.73. The van der Waals surface area contributed by atoms with Gasteiger partial charge in [0.05, 0.1) is 22.5 Å². The number of azo groups is 2. The van der Waals surface area contributed by atoms with Gasteiger partial charge in [-0.2, -0.15) is 8.42 Å². The van der Waals surface area contributed by atoms with Crippen LogP contribution in [0.4, 0.5) is 28.4 Å². The normalized spacial score (nSPS) is 12.0. The zero-order valence-electron chi connectivity index (χ0n) is 21.2. The molecule has 0 spiro atoms. The molecule has 0 bridgehead atoms. The highest BCUT2D eigenvalue weighted by atomic mass is 32.2. The van der Waals surface area contributed by atoms with E-state index in [2.05, 4.69) is 20.5 Å². The highest BCUT2D eigenvalue weighted by Gasteiger charge is 2.22. The number of hydrogen-bond donors (Lipinski definition) is 5. The minimum absolute atomic E-state index is 0.0614. The summed E-state index contributed by atoms with van der Waals surface area (Å²) >= 11 is 0. The molecule has 0 amide bonds. The number of rotatable bonds is 7. The minimum Gasteiger partial charge on any atom is -0.505 e. The maximum atomic E-state index is 12.2. The molecule has 0 aliphatic heterocycles. The van der Waals surface area contributed by atoms with Gasteiger partial charge in [-0.3, -0.25) is 4.55 Å². The third-order valence-electron chi connectivity index (χ3n) is 6.23. The molecule has 0 saturated carbocycles.